The van der Waals surface area contributed by atoms with Gasteiger partial charge in [0.1, 0.15) is 0 Å². The van der Waals surface area contributed by atoms with E-state index in [1.54, 1.807) is 10.7 Å². The number of nitrogens with one attached hydrogen (secondary N) is 1. The van der Waals surface area contributed by atoms with E-state index in [1.807, 2.05) is 31.4 Å². The van der Waals surface area contributed by atoms with Gasteiger partial charge in [-0.1, -0.05) is 0 Å². The molecule has 1 heterocycles. The predicted molar refractivity (Wildman–Crippen MR) is 66.7 cm³/mol. The van der Waals surface area contributed by atoms with Crippen LogP contribution in [0, 0.1) is 11.3 Å². The largest absolute Gasteiger partial charge is 0.398 e. The maximum absolute atomic E-state index is 8.69. The zero-order chi connectivity index (χ0) is 12.3. The van der Waals surface area contributed by atoms with Crippen LogP contribution >= 0.6 is 0 Å². The second-order valence-corrected chi connectivity index (χ2v) is 3.75. The third-order valence-electron chi connectivity index (χ3n) is 2.40. The Morgan fingerprint density at radius 3 is 2.94 bits per heavy atom. The van der Waals surface area contributed by atoms with E-state index in [-0.39, 0.29) is 0 Å². The molecule has 0 aliphatic heterocycles. The van der Waals surface area contributed by atoms with Crippen molar-refractivity contribution in [3.63, 3.8) is 0 Å². The van der Waals surface area contributed by atoms with Crippen LogP contribution in [0.5, 0.6) is 0 Å². The standard InChI is InChI=1S/C12H13N5/c1-17-7-5-12(16-17)15-10-2-3-11(14)9(8-10)4-6-13/h2-3,5,7-8H,4,14H2,1H3,(H,15,16). The van der Waals surface area contributed by atoms with Crippen molar-refractivity contribution < 1.29 is 0 Å². The van der Waals surface area contributed by atoms with E-state index in [9.17, 15) is 0 Å². The molecule has 5 nitrogen and oxygen atoms in total. The highest BCUT2D eigenvalue weighted by Gasteiger charge is 2.02. The first kappa shape index (κ1) is 11.0. The topological polar surface area (TPSA) is 79.7 Å². The van der Waals surface area contributed by atoms with Gasteiger partial charge in [-0.2, -0.15) is 10.4 Å². The lowest BCUT2D eigenvalue weighted by Gasteiger charge is -2.06. The Balaban J connectivity index is 2.22. The normalized spacial score (nSPS) is 9.88. The molecule has 1 aromatic heterocycles. The van der Waals surface area contributed by atoms with Crippen molar-refractivity contribution in [1.29, 1.82) is 5.26 Å². The Morgan fingerprint density at radius 1 is 1.47 bits per heavy atom. The SMILES string of the molecule is Cn1ccc(Nc2ccc(N)c(CC#N)c2)n1. The molecule has 0 saturated carbocycles. The lowest BCUT2D eigenvalue weighted by atomic mass is 10.1. The van der Waals surface area contributed by atoms with Gasteiger partial charge in [-0.25, -0.2) is 0 Å². The summed E-state index contributed by atoms with van der Waals surface area (Å²) in [5.74, 6) is 0.764. The smallest absolute Gasteiger partial charge is 0.152 e. The number of aryl methyl sites for hydroxylation is 1. The van der Waals surface area contributed by atoms with Gasteiger partial charge in [0.05, 0.1) is 12.5 Å². The van der Waals surface area contributed by atoms with Crippen molar-refractivity contribution >= 4 is 17.2 Å². The van der Waals surface area contributed by atoms with E-state index in [1.165, 1.54) is 0 Å². The van der Waals surface area contributed by atoms with Crippen molar-refractivity contribution in [2.75, 3.05) is 11.1 Å². The summed E-state index contributed by atoms with van der Waals surface area (Å²) in [4.78, 5) is 0. The van der Waals surface area contributed by atoms with Crippen LogP contribution in [0.3, 0.4) is 0 Å². The van der Waals surface area contributed by atoms with Gasteiger partial charge in [-0.3, -0.25) is 4.68 Å². The number of nitriles is 1. The average Bonchev–Trinajstić information content (AvgIpc) is 2.69. The predicted octanol–water partition coefficient (Wildman–Crippen LogP) is 1.81. The number of anilines is 3. The Hall–Kier alpha value is -2.48. The number of nitrogen functional groups attached to an aromatic ring is 1. The number of rotatable bonds is 3. The van der Waals surface area contributed by atoms with E-state index in [0.29, 0.717) is 12.1 Å². The van der Waals surface area contributed by atoms with Crippen molar-refractivity contribution in [3.8, 4) is 6.07 Å². The fourth-order valence-electron chi connectivity index (χ4n) is 1.55. The maximum atomic E-state index is 8.69. The fraction of sp³-hybridized carbons (Fsp3) is 0.167. The summed E-state index contributed by atoms with van der Waals surface area (Å²) in [6.07, 6.45) is 2.17. The summed E-state index contributed by atoms with van der Waals surface area (Å²) in [7, 11) is 1.86. The molecule has 86 valence electrons. The van der Waals surface area contributed by atoms with Crippen LogP contribution in [0.4, 0.5) is 17.2 Å². The van der Waals surface area contributed by atoms with Crippen molar-refractivity contribution in [2.45, 2.75) is 6.42 Å². The molecule has 0 bridgehead atoms. The van der Waals surface area contributed by atoms with E-state index in [0.717, 1.165) is 17.1 Å². The monoisotopic (exact) mass is 227 g/mol. The van der Waals surface area contributed by atoms with Crippen LogP contribution in [0.15, 0.2) is 30.5 Å². The quantitative estimate of drug-likeness (QED) is 0.784. The van der Waals surface area contributed by atoms with Gasteiger partial charge in [-0.05, 0) is 23.8 Å². The van der Waals surface area contributed by atoms with Crippen LogP contribution < -0.4 is 11.1 Å². The summed E-state index contributed by atoms with van der Waals surface area (Å²) in [5.41, 5.74) is 8.12. The second-order valence-electron chi connectivity index (χ2n) is 3.75. The maximum Gasteiger partial charge on any atom is 0.152 e. The first-order valence-corrected chi connectivity index (χ1v) is 5.21. The highest BCUT2D eigenvalue weighted by Crippen LogP contribution is 2.20. The molecule has 0 amide bonds. The van der Waals surface area contributed by atoms with Gasteiger partial charge in [0.15, 0.2) is 5.82 Å². The minimum absolute atomic E-state index is 0.309. The van der Waals surface area contributed by atoms with Crippen LogP contribution in [0.1, 0.15) is 5.56 Å². The first-order chi connectivity index (χ1) is 8.19. The number of hydrogen-bond donors (Lipinski definition) is 2. The summed E-state index contributed by atoms with van der Waals surface area (Å²) in [6, 6.07) is 9.49. The number of benzene rings is 1. The number of aromatic nitrogens is 2. The van der Waals surface area contributed by atoms with E-state index < -0.39 is 0 Å². The molecule has 0 unspecified atom stereocenters. The third kappa shape index (κ3) is 2.55. The molecule has 0 saturated heterocycles. The van der Waals surface area contributed by atoms with Gasteiger partial charge in [-0.15, -0.1) is 0 Å². The van der Waals surface area contributed by atoms with Gasteiger partial charge < -0.3 is 11.1 Å². The first-order valence-electron chi connectivity index (χ1n) is 5.21. The average molecular weight is 227 g/mol. The lowest BCUT2D eigenvalue weighted by molar-refractivity contribution is 0.771. The van der Waals surface area contributed by atoms with Crippen LogP contribution in [0.2, 0.25) is 0 Å². The summed E-state index contributed by atoms with van der Waals surface area (Å²) in [6.45, 7) is 0. The Bertz CT molecular complexity index is 565. The molecule has 3 N–H and O–H groups in total. The van der Waals surface area contributed by atoms with Crippen molar-refractivity contribution in [1.82, 2.24) is 9.78 Å². The Labute approximate surface area is 99.5 Å². The van der Waals surface area contributed by atoms with E-state index in [2.05, 4.69) is 16.5 Å². The molecule has 17 heavy (non-hydrogen) atoms. The van der Waals surface area contributed by atoms with Gasteiger partial charge in [0.2, 0.25) is 0 Å². The van der Waals surface area contributed by atoms with Gasteiger partial charge in [0, 0.05) is 30.7 Å². The molecule has 0 spiro atoms. The Morgan fingerprint density at radius 2 is 2.29 bits per heavy atom. The lowest BCUT2D eigenvalue weighted by Crippen LogP contribution is -1.97. The molecular formula is C12H13N5. The second kappa shape index (κ2) is 4.58. The summed E-state index contributed by atoms with van der Waals surface area (Å²) >= 11 is 0. The van der Waals surface area contributed by atoms with E-state index in [4.69, 9.17) is 11.0 Å². The molecule has 0 radical (unpaired) electrons. The van der Waals surface area contributed by atoms with Crippen LogP contribution in [-0.4, -0.2) is 9.78 Å². The fourth-order valence-corrected chi connectivity index (χ4v) is 1.55. The van der Waals surface area contributed by atoms with Crippen LogP contribution in [-0.2, 0) is 13.5 Å². The molecule has 2 aromatic rings. The highest BCUT2D eigenvalue weighted by atomic mass is 15.3. The number of hydrogen-bond acceptors (Lipinski definition) is 4. The Kier molecular flexibility index (Phi) is 2.97. The van der Waals surface area contributed by atoms with Gasteiger partial charge >= 0.3 is 0 Å². The number of nitrogens with zero attached hydrogens (tertiary/aromatic N) is 3. The molecular weight excluding hydrogens is 214 g/mol. The summed E-state index contributed by atoms with van der Waals surface area (Å²) < 4.78 is 1.72. The van der Waals surface area contributed by atoms with Crippen molar-refractivity contribution in [3.05, 3.63) is 36.0 Å². The van der Waals surface area contributed by atoms with Gasteiger partial charge in [0.25, 0.3) is 0 Å². The zero-order valence-electron chi connectivity index (χ0n) is 9.51. The third-order valence-corrected chi connectivity index (χ3v) is 2.40. The minimum atomic E-state index is 0.309. The number of nitrogens with two attached hydrogens (primary N) is 1. The molecule has 0 aliphatic rings. The molecule has 0 aliphatic carbocycles. The molecule has 5 heteroatoms. The molecule has 1 aromatic carbocycles. The highest BCUT2D eigenvalue weighted by molar-refractivity contribution is 5.62. The summed E-state index contributed by atoms with van der Waals surface area (Å²) in [5, 5.41) is 16.1. The molecule has 2 rings (SSSR count). The zero-order valence-corrected chi connectivity index (χ0v) is 9.51. The van der Waals surface area contributed by atoms with E-state index >= 15 is 0 Å². The van der Waals surface area contributed by atoms with Crippen LogP contribution in [0.25, 0.3) is 0 Å². The molecule has 0 fully saturated rings. The van der Waals surface area contributed by atoms with Crippen molar-refractivity contribution in [2.24, 2.45) is 7.05 Å². The minimum Gasteiger partial charge on any atom is -0.398 e. The molecule has 0 atom stereocenters.